The predicted octanol–water partition coefficient (Wildman–Crippen LogP) is 0.775. The van der Waals surface area contributed by atoms with Crippen molar-refractivity contribution in [2.45, 2.75) is 4.21 Å². The number of primary amides is 1. The molecule has 0 aliphatic heterocycles. The number of nitrogens with two attached hydrogens (primary N) is 1. The molecule has 66 valence electrons. The van der Waals surface area contributed by atoms with Crippen LogP contribution in [0.3, 0.4) is 0 Å². The zero-order valence-electron chi connectivity index (χ0n) is 5.65. The van der Waals surface area contributed by atoms with E-state index in [0.717, 1.165) is 17.4 Å². The molecule has 0 unspecified atom stereocenters. The molecule has 0 aliphatic carbocycles. The van der Waals surface area contributed by atoms with Crippen LogP contribution in [0.5, 0.6) is 0 Å². The second-order valence-electron chi connectivity index (χ2n) is 1.96. The third kappa shape index (κ3) is 1.96. The normalized spacial score (nSPS) is 11.4. The highest BCUT2D eigenvalue weighted by Crippen LogP contribution is 2.23. The molecular weight excluding hydrogens is 222 g/mol. The van der Waals surface area contributed by atoms with Crippen LogP contribution in [-0.4, -0.2) is 14.3 Å². The van der Waals surface area contributed by atoms with Gasteiger partial charge in [0.2, 0.25) is 5.91 Å². The second kappa shape index (κ2) is 3.04. The summed E-state index contributed by atoms with van der Waals surface area (Å²) >= 11 is 0.864. The van der Waals surface area contributed by atoms with Gasteiger partial charge in [-0.15, -0.1) is 11.3 Å². The van der Waals surface area contributed by atoms with Crippen LogP contribution in [0.1, 0.15) is 10.4 Å². The molecule has 0 aromatic carbocycles. The monoisotopic (exact) mass is 225 g/mol. The average molecular weight is 226 g/mol. The van der Waals surface area contributed by atoms with Gasteiger partial charge in [0.25, 0.3) is 9.05 Å². The summed E-state index contributed by atoms with van der Waals surface area (Å²) in [6.45, 7) is 0. The Hall–Kier alpha value is -0.590. The number of hydrogen-bond acceptors (Lipinski definition) is 4. The van der Waals surface area contributed by atoms with Crippen LogP contribution < -0.4 is 5.73 Å². The maximum Gasteiger partial charge on any atom is 0.270 e. The molecule has 0 saturated heterocycles. The van der Waals surface area contributed by atoms with E-state index in [1.165, 1.54) is 5.38 Å². The number of amides is 1. The molecule has 1 aromatic rings. The number of carbonyl (C=O) groups excluding carboxylic acids is 1. The molecule has 0 bridgehead atoms. The van der Waals surface area contributed by atoms with Crippen molar-refractivity contribution < 1.29 is 13.2 Å². The van der Waals surface area contributed by atoms with Crippen LogP contribution in [0.15, 0.2) is 15.7 Å². The maximum absolute atomic E-state index is 10.7. The summed E-state index contributed by atoms with van der Waals surface area (Å²) in [5, 5.41) is 1.34. The van der Waals surface area contributed by atoms with Crippen LogP contribution in [0.4, 0.5) is 0 Å². The van der Waals surface area contributed by atoms with E-state index in [-0.39, 0.29) is 9.77 Å². The molecule has 4 nitrogen and oxygen atoms in total. The Balaban J connectivity index is 3.17. The summed E-state index contributed by atoms with van der Waals surface area (Å²) in [6, 6.07) is 1.15. The van der Waals surface area contributed by atoms with E-state index < -0.39 is 15.0 Å². The standard InChI is InChI=1S/C5H4ClNO3S2/c6-12(9,10)4-1-3(2-11-4)5(7)8/h1-2H,(H2,7,8). The highest BCUT2D eigenvalue weighted by Gasteiger charge is 2.14. The smallest absolute Gasteiger partial charge is 0.270 e. The summed E-state index contributed by atoms with van der Waals surface area (Å²) in [5.41, 5.74) is 5.05. The molecule has 1 heterocycles. The van der Waals surface area contributed by atoms with Crippen LogP contribution in [-0.2, 0) is 9.05 Å². The predicted molar refractivity (Wildman–Crippen MR) is 45.9 cm³/mol. The number of thiophene rings is 1. The minimum absolute atomic E-state index is 0.0713. The molecule has 0 fully saturated rings. The molecule has 1 rings (SSSR count). The van der Waals surface area contributed by atoms with Gasteiger partial charge >= 0.3 is 0 Å². The van der Waals surface area contributed by atoms with Crippen LogP contribution in [0.2, 0.25) is 0 Å². The quantitative estimate of drug-likeness (QED) is 0.756. The average Bonchev–Trinajstić information content (AvgIpc) is 2.30. The Morgan fingerprint density at radius 1 is 1.58 bits per heavy atom. The molecule has 0 aliphatic rings. The van der Waals surface area contributed by atoms with Crippen molar-refractivity contribution in [2.75, 3.05) is 0 Å². The first kappa shape index (κ1) is 9.50. The minimum atomic E-state index is -3.73. The van der Waals surface area contributed by atoms with Gasteiger partial charge in [-0.1, -0.05) is 0 Å². The number of carbonyl (C=O) groups is 1. The Morgan fingerprint density at radius 2 is 2.17 bits per heavy atom. The van der Waals surface area contributed by atoms with Gasteiger partial charge in [-0.05, 0) is 6.07 Å². The van der Waals surface area contributed by atoms with Gasteiger partial charge in [0.1, 0.15) is 4.21 Å². The van der Waals surface area contributed by atoms with E-state index in [2.05, 4.69) is 0 Å². The zero-order chi connectivity index (χ0) is 9.35. The van der Waals surface area contributed by atoms with Gasteiger partial charge in [-0.3, -0.25) is 4.79 Å². The van der Waals surface area contributed by atoms with E-state index >= 15 is 0 Å². The molecule has 1 aromatic heterocycles. The minimum Gasteiger partial charge on any atom is -0.366 e. The van der Waals surface area contributed by atoms with E-state index in [1.807, 2.05) is 0 Å². The molecule has 12 heavy (non-hydrogen) atoms. The Kier molecular flexibility index (Phi) is 2.41. The summed E-state index contributed by atoms with van der Waals surface area (Å²) in [7, 11) is 1.27. The van der Waals surface area contributed by atoms with Crippen molar-refractivity contribution in [3.8, 4) is 0 Å². The first-order valence-corrected chi connectivity index (χ1v) is 5.93. The summed E-state index contributed by atoms with van der Waals surface area (Å²) in [6.07, 6.45) is 0. The summed E-state index contributed by atoms with van der Waals surface area (Å²) in [5.74, 6) is -0.669. The molecule has 7 heteroatoms. The Labute approximate surface area is 77.4 Å². The van der Waals surface area contributed by atoms with Crippen molar-refractivity contribution in [1.82, 2.24) is 0 Å². The van der Waals surface area contributed by atoms with Gasteiger partial charge in [0.15, 0.2) is 0 Å². The van der Waals surface area contributed by atoms with Crippen LogP contribution in [0, 0.1) is 0 Å². The zero-order valence-corrected chi connectivity index (χ0v) is 8.04. The molecule has 0 spiro atoms. The van der Waals surface area contributed by atoms with Crippen molar-refractivity contribution in [3.05, 3.63) is 17.0 Å². The van der Waals surface area contributed by atoms with Gasteiger partial charge < -0.3 is 5.73 Å². The van der Waals surface area contributed by atoms with Gasteiger partial charge in [-0.2, -0.15) is 0 Å². The largest absolute Gasteiger partial charge is 0.366 e. The Morgan fingerprint density at radius 3 is 2.42 bits per heavy atom. The fourth-order valence-electron chi connectivity index (χ4n) is 0.574. The lowest BCUT2D eigenvalue weighted by molar-refractivity contribution is 0.100. The third-order valence-electron chi connectivity index (χ3n) is 1.10. The topological polar surface area (TPSA) is 77.2 Å². The number of hydrogen-bond donors (Lipinski definition) is 1. The van der Waals surface area contributed by atoms with Crippen molar-refractivity contribution in [1.29, 1.82) is 0 Å². The first-order valence-electron chi connectivity index (χ1n) is 2.74. The maximum atomic E-state index is 10.7. The van der Waals surface area contributed by atoms with Crippen LogP contribution >= 0.6 is 22.0 Å². The second-order valence-corrected chi connectivity index (χ2v) is 5.66. The van der Waals surface area contributed by atoms with E-state index in [4.69, 9.17) is 16.4 Å². The fourth-order valence-corrected chi connectivity index (χ4v) is 2.53. The lowest BCUT2D eigenvalue weighted by Gasteiger charge is -1.85. The van der Waals surface area contributed by atoms with Crippen molar-refractivity contribution in [2.24, 2.45) is 5.73 Å². The van der Waals surface area contributed by atoms with Crippen molar-refractivity contribution in [3.63, 3.8) is 0 Å². The molecule has 0 saturated carbocycles. The molecule has 2 N–H and O–H groups in total. The lowest BCUT2D eigenvalue weighted by atomic mass is 10.3. The van der Waals surface area contributed by atoms with E-state index in [9.17, 15) is 13.2 Å². The van der Waals surface area contributed by atoms with E-state index in [1.54, 1.807) is 0 Å². The first-order chi connectivity index (χ1) is 5.41. The van der Waals surface area contributed by atoms with Crippen molar-refractivity contribution >= 4 is 37.0 Å². The lowest BCUT2D eigenvalue weighted by Crippen LogP contribution is -2.09. The molecule has 0 radical (unpaired) electrons. The summed E-state index contributed by atoms with van der Waals surface area (Å²) < 4.78 is 21.3. The highest BCUT2D eigenvalue weighted by molar-refractivity contribution is 8.15. The Bertz CT molecular complexity index is 408. The molecule has 0 atom stereocenters. The SMILES string of the molecule is NC(=O)c1csc(S(=O)(=O)Cl)c1. The van der Waals surface area contributed by atoms with E-state index in [0.29, 0.717) is 0 Å². The van der Waals surface area contributed by atoms with Gasteiger partial charge in [0, 0.05) is 16.1 Å². The molecular formula is C5H4ClNO3S2. The third-order valence-corrected chi connectivity index (χ3v) is 4.14. The fraction of sp³-hybridized carbons (Fsp3) is 0. The molecule has 1 amide bonds. The van der Waals surface area contributed by atoms with Gasteiger partial charge in [-0.25, -0.2) is 8.42 Å². The van der Waals surface area contributed by atoms with Gasteiger partial charge in [0.05, 0.1) is 5.56 Å². The number of rotatable bonds is 2. The summed E-state index contributed by atoms with van der Waals surface area (Å²) in [4.78, 5) is 10.5. The van der Waals surface area contributed by atoms with Crippen LogP contribution in [0.25, 0.3) is 0 Å². The highest BCUT2D eigenvalue weighted by atomic mass is 35.7. The number of halogens is 1.